The average Bonchev–Trinajstić information content (AvgIpc) is 2.64. The molecule has 1 aromatic heterocycles. The van der Waals surface area contributed by atoms with Crippen LogP contribution in [-0.4, -0.2) is 27.2 Å². The Labute approximate surface area is 86.6 Å². The van der Waals surface area contributed by atoms with Crippen molar-refractivity contribution in [3.63, 3.8) is 0 Å². The lowest BCUT2D eigenvalue weighted by Crippen LogP contribution is -2.20. The van der Waals surface area contributed by atoms with Crippen LogP contribution in [0.25, 0.3) is 0 Å². The predicted octanol–water partition coefficient (Wildman–Crippen LogP) is 0.921. The Balaban J connectivity index is 2.08. The smallest absolute Gasteiger partial charge is 0.180 e. The van der Waals surface area contributed by atoms with Crippen LogP contribution in [0.3, 0.4) is 0 Å². The lowest BCUT2D eigenvalue weighted by molar-refractivity contribution is 0.477. The van der Waals surface area contributed by atoms with Gasteiger partial charge in [0, 0.05) is 22.3 Å². The van der Waals surface area contributed by atoms with Gasteiger partial charge >= 0.3 is 0 Å². The summed E-state index contributed by atoms with van der Waals surface area (Å²) in [6.45, 7) is 3.52. The van der Waals surface area contributed by atoms with Crippen molar-refractivity contribution in [2.24, 2.45) is 0 Å². The molecule has 0 amide bonds. The average molecular weight is 216 g/mol. The zero-order valence-corrected chi connectivity index (χ0v) is 9.34. The molecular formula is C9H16N2O2S. The summed E-state index contributed by atoms with van der Waals surface area (Å²) in [5.41, 5.74) is 0. The van der Waals surface area contributed by atoms with Crippen LogP contribution >= 0.6 is 0 Å². The van der Waals surface area contributed by atoms with Crippen LogP contribution in [0.5, 0.6) is 0 Å². The van der Waals surface area contributed by atoms with Crippen molar-refractivity contribution in [3.8, 4) is 0 Å². The molecule has 0 aliphatic heterocycles. The molecule has 0 saturated heterocycles. The van der Waals surface area contributed by atoms with E-state index in [0.29, 0.717) is 6.54 Å². The molecule has 14 heavy (non-hydrogen) atoms. The molecule has 2 unspecified atom stereocenters. The third-order valence-electron chi connectivity index (χ3n) is 2.08. The van der Waals surface area contributed by atoms with E-state index in [4.69, 9.17) is 4.42 Å². The Morgan fingerprint density at radius 3 is 3.07 bits per heavy atom. The first-order chi connectivity index (χ1) is 6.70. The van der Waals surface area contributed by atoms with Gasteiger partial charge in [0.25, 0.3) is 0 Å². The van der Waals surface area contributed by atoms with Crippen molar-refractivity contribution in [3.05, 3.63) is 18.4 Å². The molecular weight excluding hydrogens is 200 g/mol. The van der Waals surface area contributed by atoms with Crippen molar-refractivity contribution >= 4 is 10.8 Å². The first-order valence-corrected chi connectivity index (χ1v) is 6.22. The quantitative estimate of drug-likeness (QED) is 0.718. The SMILES string of the molecule is CC(CCNCc1cnco1)S(C)=O. The molecule has 1 rings (SSSR count). The normalized spacial score (nSPS) is 15.3. The number of hydrogen-bond acceptors (Lipinski definition) is 4. The molecule has 0 aromatic carbocycles. The van der Waals surface area contributed by atoms with Gasteiger partial charge in [-0.15, -0.1) is 0 Å². The Hall–Kier alpha value is -0.680. The van der Waals surface area contributed by atoms with E-state index in [0.717, 1.165) is 18.7 Å². The molecule has 0 spiro atoms. The molecule has 1 N–H and O–H groups in total. The monoisotopic (exact) mass is 216 g/mol. The summed E-state index contributed by atoms with van der Waals surface area (Å²) in [6, 6.07) is 0. The maximum Gasteiger partial charge on any atom is 0.180 e. The van der Waals surface area contributed by atoms with E-state index in [1.807, 2.05) is 6.92 Å². The highest BCUT2D eigenvalue weighted by molar-refractivity contribution is 7.84. The molecule has 0 bridgehead atoms. The van der Waals surface area contributed by atoms with Crippen LogP contribution in [0.1, 0.15) is 19.1 Å². The summed E-state index contributed by atoms with van der Waals surface area (Å²) in [5, 5.41) is 3.45. The van der Waals surface area contributed by atoms with Crippen molar-refractivity contribution in [1.82, 2.24) is 10.3 Å². The number of oxazole rings is 1. The third kappa shape index (κ3) is 4.02. The van der Waals surface area contributed by atoms with Crippen LogP contribution in [0, 0.1) is 0 Å². The van der Waals surface area contributed by atoms with Gasteiger partial charge in [-0.2, -0.15) is 0 Å². The second-order valence-corrected chi connectivity index (χ2v) is 5.04. The molecule has 2 atom stereocenters. The van der Waals surface area contributed by atoms with Gasteiger partial charge in [0.1, 0.15) is 5.76 Å². The number of aromatic nitrogens is 1. The van der Waals surface area contributed by atoms with Gasteiger partial charge < -0.3 is 9.73 Å². The highest BCUT2D eigenvalue weighted by Gasteiger charge is 2.05. The van der Waals surface area contributed by atoms with E-state index in [2.05, 4.69) is 10.3 Å². The number of nitrogens with one attached hydrogen (secondary N) is 1. The molecule has 0 aliphatic carbocycles. The van der Waals surface area contributed by atoms with E-state index in [-0.39, 0.29) is 5.25 Å². The van der Waals surface area contributed by atoms with Gasteiger partial charge in [-0.25, -0.2) is 4.98 Å². The van der Waals surface area contributed by atoms with Crippen LogP contribution < -0.4 is 5.32 Å². The van der Waals surface area contributed by atoms with Crippen LogP contribution in [0.2, 0.25) is 0 Å². The Morgan fingerprint density at radius 1 is 1.71 bits per heavy atom. The van der Waals surface area contributed by atoms with Gasteiger partial charge in [0.05, 0.1) is 12.7 Å². The summed E-state index contributed by atoms with van der Waals surface area (Å²) in [4.78, 5) is 3.81. The van der Waals surface area contributed by atoms with Crippen molar-refractivity contribution < 1.29 is 8.63 Å². The summed E-state index contributed by atoms with van der Waals surface area (Å²) < 4.78 is 16.1. The van der Waals surface area contributed by atoms with Crippen LogP contribution in [-0.2, 0) is 17.3 Å². The predicted molar refractivity (Wildman–Crippen MR) is 56.4 cm³/mol. The molecule has 0 radical (unpaired) electrons. The fourth-order valence-corrected chi connectivity index (χ4v) is 1.46. The molecule has 1 heterocycles. The zero-order valence-electron chi connectivity index (χ0n) is 8.53. The summed E-state index contributed by atoms with van der Waals surface area (Å²) in [5.74, 6) is 0.829. The minimum atomic E-state index is -0.726. The van der Waals surface area contributed by atoms with Crippen molar-refractivity contribution in [1.29, 1.82) is 0 Å². The van der Waals surface area contributed by atoms with E-state index in [1.165, 1.54) is 6.39 Å². The topological polar surface area (TPSA) is 55.1 Å². The van der Waals surface area contributed by atoms with E-state index in [9.17, 15) is 4.21 Å². The van der Waals surface area contributed by atoms with Gasteiger partial charge in [0.15, 0.2) is 6.39 Å². The lowest BCUT2D eigenvalue weighted by Gasteiger charge is -2.07. The maximum atomic E-state index is 11.0. The highest BCUT2D eigenvalue weighted by Crippen LogP contribution is 1.99. The fourth-order valence-electron chi connectivity index (χ4n) is 1.01. The largest absolute Gasteiger partial charge is 0.447 e. The van der Waals surface area contributed by atoms with E-state index >= 15 is 0 Å². The Kier molecular flexibility index (Phi) is 4.82. The van der Waals surface area contributed by atoms with E-state index in [1.54, 1.807) is 12.5 Å². The van der Waals surface area contributed by atoms with Gasteiger partial charge in [-0.05, 0) is 13.0 Å². The maximum absolute atomic E-state index is 11.0. The molecule has 0 saturated carbocycles. The second kappa shape index (κ2) is 5.93. The number of nitrogens with zero attached hydrogens (tertiary/aromatic N) is 1. The molecule has 80 valence electrons. The number of hydrogen-bond donors (Lipinski definition) is 1. The van der Waals surface area contributed by atoms with Crippen molar-refractivity contribution in [2.45, 2.75) is 25.1 Å². The Bertz CT molecular complexity index is 274. The fraction of sp³-hybridized carbons (Fsp3) is 0.667. The van der Waals surface area contributed by atoms with Crippen LogP contribution in [0.15, 0.2) is 17.0 Å². The minimum absolute atomic E-state index is 0.247. The van der Waals surface area contributed by atoms with Gasteiger partial charge in [-0.3, -0.25) is 4.21 Å². The standard InChI is InChI=1S/C9H16N2O2S/c1-8(14(2)12)3-4-10-5-9-6-11-7-13-9/h6-8,10H,3-5H2,1-2H3. The van der Waals surface area contributed by atoms with Crippen LogP contribution in [0.4, 0.5) is 0 Å². The molecule has 0 fully saturated rings. The van der Waals surface area contributed by atoms with Gasteiger partial charge in [0.2, 0.25) is 0 Å². The third-order valence-corrected chi connectivity index (χ3v) is 3.45. The summed E-state index contributed by atoms with van der Waals surface area (Å²) in [7, 11) is -0.726. The number of rotatable bonds is 6. The summed E-state index contributed by atoms with van der Waals surface area (Å²) >= 11 is 0. The summed E-state index contributed by atoms with van der Waals surface area (Å²) in [6.07, 6.45) is 5.76. The lowest BCUT2D eigenvalue weighted by atomic mass is 10.3. The molecule has 0 aliphatic rings. The highest BCUT2D eigenvalue weighted by atomic mass is 32.2. The first kappa shape index (κ1) is 11.4. The second-order valence-electron chi connectivity index (χ2n) is 3.24. The minimum Gasteiger partial charge on any atom is -0.447 e. The van der Waals surface area contributed by atoms with E-state index < -0.39 is 10.8 Å². The van der Waals surface area contributed by atoms with Crippen molar-refractivity contribution in [2.75, 3.05) is 12.8 Å². The molecule has 1 aromatic rings. The molecule has 5 heteroatoms. The Morgan fingerprint density at radius 2 is 2.50 bits per heavy atom. The molecule has 4 nitrogen and oxygen atoms in total. The first-order valence-electron chi connectivity index (χ1n) is 4.60. The van der Waals surface area contributed by atoms with Gasteiger partial charge in [-0.1, -0.05) is 6.92 Å². The zero-order chi connectivity index (χ0) is 10.4.